The molecule has 1 rings (SSSR count). The first-order valence-corrected chi connectivity index (χ1v) is 3.00. The molecule has 52 valence electrons. The summed E-state index contributed by atoms with van der Waals surface area (Å²) in [6.07, 6.45) is 8.68. The summed E-state index contributed by atoms with van der Waals surface area (Å²) in [5.41, 5.74) is 0. The minimum atomic E-state index is 0.647. The van der Waals surface area contributed by atoms with Crippen molar-refractivity contribution in [3.8, 4) is 0 Å². The van der Waals surface area contributed by atoms with Gasteiger partial charge in [0.05, 0.1) is 6.34 Å². The molecule has 0 saturated heterocycles. The van der Waals surface area contributed by atoms with Crippen LogP contribution in [0.2, 0.25) is 0 Å². The molecule has 1 aliphatic heterocycles. The van der Waals surface area contributed by atoms with Gasteiger partial charge in [0.2, 0.25) is 0 Å². The van der Waals surface area contributed by atoms with Crippen LogP contribution >= 0.6 is 0 Å². The molecule has 0 atom stereocenters. The van der Waals surface area contributed by atoms with Gasteiger partial charge in [-0.1, -0.05) is 12.7 Å². The van der Waals surface area contributed by atoms with Crippen molar-refractivity contribution in [2.45, 2.75) is 0 Å². The molecule has 0 aromatic rings. The molecule has 0 unspecified atom stereocenters. The zero-order valence-electron chi connectivity index (χ0n) is 5.64. The predicted octanol–water partition coefficient (Wildman–Crippen LogP) is 1.02. The Labute approximate surface area is 60.1 Å². The SMILES string of the molecule is C=CC=CN1C=NC=NC1. The molecule has 0 fully saturated rings. The van der Waals surface area contributed by atoms with E-state index in [9.17, 15) is 0 Å². The number of aliphatic imine (C=N–C) groups is 2. The second-order valence-electron chi connectivity index (χ2n) is 1.80. The lowest BCUT2D eigenvalue weighted by molar-refractivity contribution is 0.586. The average Bonchev–Trinajstić information content (AvgIpc) is 2.03. The molecule has 3 heteroatoms. The highest BCUT2D eigenvalue weighted by Crippen LogP contribution is 1.90. The molecular weight excluding hydrogens is 126 g/mol. The fourth-order valence-electron chi connectivity index (χ4n) is 0.587. The molecule has 0 saturated carbocycles. The Morgan fingerprint density at radius 3 is 3.10 bits per heavy atom. The highest BCUT2D eigenvalue weighted by atomic mass is 15.2. The van der Waals surface area contributed by atoms with Crippen molar-refractivity contribution in [3.05, 3.63) is 24.9 Å². The van der Waals surface area contributed by atoms with Crippen LogP contribution < -0.4 is 0 Å². The fraction of sp³-hybridized carbons (Fsp3) is 0.143. The summed E-state index contributed by atoms with van der Waals surface area (Å²) >= 11 is 0. The third-order valence-electron chi connectivity index (χ3n) is 1.02. The maximum atomic E-state index is 3.93. The molecule has 0 N–H and O–H groups in total. The largest absolute Gasteiger partial charge is 0.319 e. The van der Waals surface area contributed by atoms with Crippen molar-refractivity contribution in [2.75, 3.05) is 6.67 Å². The third kappa shape index (κ3) is 1.85. The zero-order chi connectivity index (χ0) is 7.23. The molecule has 1 aliphatic rings. The number of rotatable bonds is 2. The number of allylic oxidation sites excluding steroid dienone is 2. The van der Waals surface area contributed by atoms with Crippen LogP contribution in [0.4, 0.5) is 0 Å². The number of nitrogens with zero attached hydrogens (tertiary/aromatic N) is 3. The summed E-state index contributed by atoms with van der Waals surface area (Å²) in [5, 5.41) is 0. The molecule has 0 aromatic carbocycles. The third-order valence-corrected chi connectivity index (χ3v) is 1.02. The molecular formula is C7H9N3. The lowest BCUT2D eigenvalue weighted by Crippen LogP contribution is -2.17. The second kappa shape index (κ2) is 3.61. The van der Waals surface area contributed by atoms with Gasteiger partial charge in [0, 0.05) is 6.20 Å². The molecule has 1 heterocycles. The normalized spacial score (nSPS) is 16.6. The van der Waals surface area contributed by atoms with Gasteiger partial charge >= 0.3 is 0 Å². The maximum Gasteiger partial charge on any atom is 0.117 e. The monoisotopic (exact) mass is 135 g/mol. The van der Waals surface area contributed by atoms with Crippen molar-refractivity contribution >= 4 is 12.7 Å². The summed E-state index contributed by atoms with van der Waals surface area (Å²) in [6.45, 7) is 4.20. The van der Waals surface area contributed by atoms with Crippen LogP contribution in [0.1, 0.15) is 0 Å². The molecule has 0 bridgehead atoms. The molecule has 0 aliphatic carbocycles. The zero-order valence-corrected chi connectivity index (χ0v) is 5.64. The summed E-state index contributed by atoms with van der Waals surface area (Å²) in [6, 6.07) is 0. The van der Waals surface area contributed by atoms with E-state index in [-0.39, 0.29) is 0 Å². The van der Waals surface area contributed by atoms with E-state index in [4.69, 9.17) is 0 Å². The Morgan fingerprint density at radius 2 is 2.50 bits per heavy atom. The lowest BCUT2D eigenvalue weighted by Gasteiger charge is -2.11. The van der Waals surface area contributed by atoms with Crippen molar-refractivity contribution in [3.63, 3.8) is 0 Å². The topological polar surface area (TPSA) is 28.0 Å². The lowest BCUT2D eigenvalue weighted by atomic mass is 10.6. The molecule has 0 amide bonds. The standard InChI is InChI=1S/C7H9N3/c1-2-3-4-10-6-8-5-9-7-10/h2-6H,1,7H2. The van der Waals surface area contributed by atoms with Crippen LogP contribution in [0.25, 0.3) is 0 Å². The van der Waals surface area contributed by atoms with E-state index in [1.165, 1.54) is 6.34 Å². The Hall–Kier alpha value is -1.38. The molecule has 0 aromatic heterocycles. The Morgan fingerprint density at radius 1 is 1.60 bits per heavy atom. The first kappa shape index (κ1) is 6.74. The number of hydrogen-bond acceptors (Lipinski definition) is 3. The van der Waals surface area contributed by atoms with Gasteiger partial charge in [-0.15, -0.1) is 0 Å². The second-order valence-corrected chi connectivity index (χ2v) is 1.80. The van der Waals surface area contributed by atoms with Crippen molar-refractivity contribution in [1.82, 2.24) is 4.90 Å². The summed E-state index contributed by atoms with van der Waals surface area (Å²) in [5.74, 6) is 0. The van der Waals surface area contributed by atoms with E-state index in [1.807, 2.05) is 17.2 Å². The molecule has 0 radical (unpaired) electrons. The Bertz CT molecular complexity index is 191. The van der Waals surface area contributed by atoms with Gasteiger partial charge in [-0.25, -0.2) is 4.99 Å². The quantitative estimate of drug-likeness (QED) is 0.519. The van der Waals surface area contributed by atoms with Crippen LogP contribution in [-0.4, -0.2) is 24.2 Å². The van der Waals surface area contributed by atoms with Gasteiger partial charge in [-0.05, 0) is 6.08 Å². The van der Waals surface area contributed by atoms with Crippen molar-refractivity contribution in [1.29, 1.82) is 0 Å². The predicted molar refractivity (Wildman–Crippen MR) is 43.0 cm³/mol. The van der Waals surface area contributed by atoms with Crippen LogP contribution in [-0.2, 0) is 0 Å². The van der Waals surface area contributed by atoms with Gasteiger partial charge in [0.1, 0.15) is 13.0 Å². The smallest absolute Gasteiger partial charge is 0.117 e. The van der Waals surface area contributed by atoms with Gasteiger partial charge in [-0.3, -0.25) is 4.99 Å². The number of hydrogen-bond donors (Lipinski definition) is 0. The fourth-order valence-corrected chi connectivity index (χ4v) is 0.587. The maximum absolute atomic E-state index is 3.93. The first-order valence-electron chi connectivity index (χ1n) is 3.00. The van der Waals surface area contributed by atoms with Crippen molar-refractivity contribution in [2.24, 2.45) is 9.98 Å². The van der Waals surface area contributed by atoms with E-state index >= 15 is 0 Å². The van der Waals surface area contributed by atoms with E-state index in [0.717, 1.165) is 0 Å². The average molecular weight is 135 g/mol. The van der Waals surface area contributed by atoms with Gasteiger partial charge < -0.3 is 4.90 Å². The first-order chi connectivity index (χ1) is 4.93. The minimum Gasteiger partial charge on any atom is -0.319 e. The minimum absolute atomic E-state index is 0.647. The van der Waals surface area contributed by atoms with Gasteiger partial charge in [0.15, 0.2) is 0 Å². The van der Waals surface area contributed by atoms with Crippen LogP contribution in [0.3, 0.4) is 0 Å². The van der Waals surface area contributed by atoms with E-state index in [1.54, 1.807) is 12.4 Å². The molecule has 3 nitrogen and oxygen atoms in total. The van der Waals surface area contributed by atoms with Crippen molar-refractivity contribution < 1.29 is 0 Å². The molecule has 10 heavy (non-hydrogen) atoms. The van der Waals surface area contributed by atoms with Crippen LogP contribution in [0, 0.1) is 0 Å². The highest BCUT2D eigenvalue weighted by molar-refractivity contribution is 5.73. The summed E-state index contributed by atoms with van der Waals surface area (Å²) in [4.78, 5) is 9.63. The van der Waals surface area contributed by atoms with E-state index in [0.29, 0.717) is 6.67 Å². The van der Waals surface area contributed by atoms with Crippen LogP contribution in [0.5, 0.6) is 0 Å². The van der Waals surface area contributed by atoms with Gasteiger partial charge in [-0.2, -0.15) is 0 Å². The summed E-state index contributed by atoms with van der Waals surface area (Å²) < 4.78 is 0. The summed E-state index contributed by atoms with van der Waals surface area (Å²) in [7, 11) is 0. The Kier molecular flexibility index (Phi) is 2.43. The van der Waals surface area contributed by atoms with E-state index in [2.05, 4.69) is 16.6 Å². The van der Waals surface area contributed by atoms with E-state index < -0.39 is 0 Å². The highest BCUT2D eigenvalue weighted by Gasteiger charge is 1.92. The molecule has 0 spiro atoms. The Balaban J connectivity index is 2.43. The van der Waals surface area contributed by atoms with Crippen LogP contribution in [0.15, 0.2) is 34.9 Å². The van der Waals surface area contributed by atoms with Gasteiger partial charge in [0.25, 0.3) is 0 Å².